The predicted octanol–water partition coefficient (Wildman–Crippen LogP) is 4.47. The number of nitro benzene ring substituents is 1. The Bertz CT molecular complexity index is 793. The zero-order chi connectivity index (χ0) is 17.5. The number of nitrogens with zero attached hydrogens (tertiary/aromatic N) is 2. The number of hydrazone groups is 1. The summed E-state index contributed by atoms with van der Waals surface area (Å²) in [6, 6.07) is 9.37. The Kier molecular flexibility index (Phi) is 6.18. The van der Waals surface area contributed by atoms with Crippen LogP contribution in [-0.4, -0.2) is 17.7 Å². The molecule has 0 fully saturated rings. The molecule has 24 heavy (non-hydrogen) atoms. The number of ether oxygens (including phenoxy) is 1. The summed E-state index contributed by atoms with van der Waals surface area (Å²) in [4.78, 5) is 10.1. The van der Waals surface area contributed by atoms with Crippen LogP contribution in [0.2, 0.25) is 5.02 Å². The zero-order valence-electron chi connectivity index (χ0n) is 12.2. The first-order valence-corrected chi connectivity index (χ1v) is 7.77. The lowest BCUT2D eigenvalue weighted by Gasteiger charge is -2.08. The Morgan fingerprint density at radius 2 is 2.12 bits per heavy atom. The van der Waals surface area contributed by atoms with E-state index in [9.17, 15) is 10.1 Å². The maximum absolute atomic E-state index is 10.6. The lowest BCUT2D eigenvalue weighted by molar-refractivity contribution is -0.384. The van der Waals surface area contributed by atoms with E-state index in [1.54, 1.807) is 30.5 Å². The molecule has 0 amide bonds. The Labute approximate surface area is 151 Å². The van der Waals surface area contributed by atoms with E-state index in [1.807, 2.05) is 0 Å². The van der Waals surface area contributed by atoms with Crippen molar-refractivity contribution in [2.24, 2.45) is 5.10 Å². The molecule has 0 saturated carbocycles. The highest BCUT2D eigenvalue weighted by Crippen LogP contribution is 2.34. The third-order valence-corrected chi connectivity index (χ3v) is 3.68. The van der Waals surface area contributed by atoms with Crippen molar-refractivity contribution >= 4 is 45.1 Å². The molecule has 0 spiro atoms. The fraction of sp³-hybridized carbons (Fsp3) is 0.0625. The van der Waals surface area contributed by atoms with E-state index < -0.39 is 4.92 Å². The van der Waals surface area contributed by atoms with Gasteiger partial charge in [0.2, 0.25) is 0 Å². The molecule has 0 aromatic heterocycles. The van der Waals surface area contributed by atoms with Crippen molar-refractivity contribution in [2.45, 2.75) is 0 Å². The molecule has 0 bridgehead atoms. The van der Waals surface area contributed by atoms with Crippen molar-refractivity contribution in [2.75, 3.05) is 12.0 Å². The molecule has 2 rings (SSSR count). The van der Waals surface area contributed by atoms with Crippen LogP contribution in [0.4, 0.5) is 11.4 Å². The molecule has 0 aliphatic rings. The summed E-state index contributed by atoms with van der Waals surface area (Å²) in [6.07, 6.45) is 6.71. The van der Waals surface area contributed by atoms with Crippen molar-refractivity contribution in [3.05, 3.63) is 61.6 Å². The second kappa shape index (κ2) is 8.34. The summed E-state index contributed by atoms with van der Waals surface area (Å²) < 4.78 is 6.00. The quantitative estimate of drug-likeness (QED) is 0.331. The summed E-state index contributed by atoms with van der Waals surface area (Å²) in [5.74, 6) is 2.84. The van der Waals surface area contributed by atoms with Gasteiger partial charge in [-0.1, -0.05) is 17.5 Å². The highest BCUT2D eigenvalue weighted by molar-refractivity contribution is 9.10. The monoisotopic (exact) mass is 407 g/mol. The van der Waals surface area contributed by atoms with E-state index in [0.717, 1.165) is 5.56 Å². The van der Waals surface area contributed by atoms with Crippen LogP contribution >= 0.6 is 27.5 Å². The van der Waals surface area contributed by atoms with Crippen molar-refractivity contribution < 1.29 is 9.66 Å². The number of anilines is 1. The second-order valence-corrected chi connectivity index (χ2v) is 5.74. The molecule has 8 heteroatoms. The first-order valence-electron chi connectivity index (χ1n) is 6.60. The molecule has 0 radical (unpaired) electrons. The average molecular weight is 409 g/mol. The van der Waals surface area contributed by atoms with Crippen LogP contribution < -0.4 is 10.2 Å². The van der Waals surface area contributed by atoms with Gasteiger partial charge in [-0.15, -0.1) is 6.42 Å². The number of hydrogen-bond donors (Lipinski definition) is 1. The van der Waals surface area contributed by atoms with Gasteiger partial charge in [-0.05, 0) is 45.8 Å². The molecule has 2 aromatic rings. The molecule has 6 nitrogen and oxygen atoms in total. The van der Waals surface area contributed by atoms with Gasteiger partial charge in [0.05, 0.1) is 26.3 Å². The van der Waals surface area contributed by atoms with E-state index in [-0.39, 0.29) is 12.3 Å². The highest BCUT2D eigenvalue weighted by Gasteiger charge is 2.08. The molecule has 0 heterocycles. The topological polar surface area (TPSA) is 76.8 Å². The highest BCUT2D eigenvalue weighted by atomic mass is 79.9. The van der Waals surface area contributed by atoms with Gasteiger partial charge < -0.3 is 4.74 Å². The van der Waals surface area contributed by atoms with Crippen molar-refractivity contribution in [1.29, 1.82) is 0 Å². The molecule has 0 aliphatic heterocycles. The molecule has 0 saturated heterocycles. The van der Waals surface area contributed by atoms with E-state index in [0.29, 0.717) is 20.9 Å². The molecular formula is C16H11BrClN3O3. The van der Waals surface area contributed by atoms with Gasteiger partial charge in [0, 0.05) is 12.1 Å². The Morgan fingerprint density at radius 3 is 2.71 bits per heavy atom. The first-order chi connectivity index (χ1) is 11.5. The minimum absolute atomic E-state index is 0.0165. The minimum Gasteiger partial charge on any atom is -0.478 e. The normalized spacial score (nSPS) is 10.4. The van der Waals surface area contributed by atoms with Crippen LogP contribution in [0.15, 0.2) is 46.0 Å². The van der Waals surface area contributed by atoms with Crippen LogP contribution in [-0.2, 0) is 0 Å². The van der Waals surface area contributed by atoms with Gasteiger partial charge in [0.1, 0.15) is 6.61 Å². The standard InChI is InChI=1S/C16H11BrClN3O3/c1-2-7-24-16-14(17)8-11(9-15(16)18)10-19-20-12-3-5-13(6-4-12)21(22)23/h1,3-6,8-10,20H,7H2/b19-10+. The van der Waals surface area contributed by atoms with Crippen LogP contribution in [0.1, 0.15) is 5.56 Å². The third-order valence-electron chi connectivity index (χ3n) is 2.81. The van der Waals surface area contributed by atoms with Crippen molar-refractivity contribution in [3.8, 4) is 18.1 Å². The summed E-state index contributed by atoms with van der Waals surface area (Å²) in [6.45, 7) is 0.119. The maximum atomic E-state index is 10.6. The van der Waals surface area contributed by atoms with Crippen LogP contribution in [0.3, 0.4) is 0 Å². The summed E-state index contributed by atoms with van der Waals surface area (Å²) in [7, 11) is 0. The molecular weight excluding hydrogens is 398 g/mol. The third kappa shape index (κ3) is 4.72. The Balaban J connectivity index is 2.06. The number of nitrogens with one attached hydrogen (secondary N) is 1. The van der Waals surface area contributed by atoms with Crippen LogP contribution in [0.5, 0.6) is 5.75 Å². The van der Waals surface area contributed by atoms with Gasteiger partial charge in [0.15, 0.2) is 5.75 Å². The van der Waals surface area contributed by atoms with Crippen molar-refractivity contribution in [3.63, 3.8) is 0 Å². The number of rotatable bonds is 6. The van der Waals surface area contributed by atoms with Gasteiger partial charge >= 0.3 is 0 Å². The smallest absolute Gasteiger partial charge is 0.269 e. The lowest BCUT2D eigenvalue weighted by atomic mass is 10.2. The molecule has 2 aromatic carbocycles. The summed E-state index contributed by atoms with van der Waals surface area (Å²) >= 11 is 9.51. The Hall–Kier alpha value is -2.56. The largest absolute Gasteiger partial charge is 0.478 e. The lowest BCUT2D eigenvalue weighted by Crippen LogP contribution is -1.97. The van der Waals surface area contributed by atoms with E-state index in [4.69, 9.17) is 22.8 Å². The van der Waals surface area contributed by atoms with Gasteiger partial charge in [-0.25, -0.2) is 0 Å². The molecule has 0 atom stereocenters. The molecule has 0 aliphatic carbocycles. The molecule has 0 unspecified atom stereocenters. The van der Waals surface area contributed by atoms with E-state index >= 15 is 0 Å². The zero-order valence-corrected chi connectivity index (χ0v) is 14.5. The Morgan fingerprint density at radius 1 is 1.42 bits per heavy atom. The molecule has 1 N–H and O–H groups in total. The second-order valence-electron chi connectivity index (χ2n) is 4.48. The number of hydrogen-bond acceptors (Lipinski definition) is 5. The average Bonchev–Trinajstić information content (AvgIpc) is 2.54. The van der Waals surface area contributed by atoms with Gasteiger partial charge in [0.25, 0.3) is 5.69 Å². The number of terminal acetylenes is 1. The van der Waals surface area contributed by atoms with Gasteiger partial charge in [-0.2, -0.15) is 5.10 Å². The van der Waals surface area contributed by atoms with Crippen LogP contribution in [0.25, 0.3) is 0 Å². The number of benzene rings is 2. The summed E-state index contributed by atoms with van der Waals surface area (Å²) in [5, 5.41) is 15.0. The fourth-order valence-corrected chi connectivity index (χ4v) is 2.73. The first kappa shape index (κ1) is 17.8. The number of nitro groups is 1. The SMILES string of the molecule is C#CCOc1c(Cl)cc(/C=N/Nc2ccc([N+](=O)[O-])cc2)cc1Br. The maximum Gasteiger partial charge on any atom is 0.269 e. The van der Waals surface area contributed by atoms with Crippen LogP contribution in [0, 0.1) is 22.5 Å². The van der Waals surface area contributed by atoms with E-state index in [2.05, 4.69) is 32.4 Å². The number of halogens is 2. The molecule has 122 valence electrons. The minimum atomic E-state index is -0.462. The van der Waals surface area contributed by atoms with Crippen molar-refractivity contribution in [1.82, 2.24) is 0 Å². The van der Waals surface area contributed by atoms with E-state index in [1.165, 1.54) is 12.1 Å². The summed E-state index contributed by atoms with van der Waals surface area (Å²) in [5.41, 5.74) is 4.15. The fourth-order valence-electron chi connectivity index (χ4n) is 1.74. The predicted molar refractivity (Wildman–Crippen MR) is 97.8 cm³/mol. The number of non-ortho nitro benzene ring substituents is 1. The van der Waals surface area contributed by atoms with Gasteiger partial charge in [-0.3, -0.25) is 15.5 Å².